The first-order valence-electron chi connectivity index (χ1n) is 4.24. The third-order valence-electron chi connectivity index (χ3n) is 1.50. The summed E-state index contributed by atoms with van der Waals surface area (Å²) in [6.07, 6.45) is 0. The van der Waals surface area contributed by atoms with Gasteiger partial charge in [-0.05, 0) is 0 Å². The van der Waals surface area contributed by atoms with Gasteiger partial charge >= 0.3 is 5.97 Å². The first-order valence-corrected chi connectivity index (χ1v) is 5.66. The smallest absolute Gasteiger partial charge is 0.360 e. The van der Waals surface area contributed by atoms with Crippen LogP contribution in [0.4, 0.5) is 5.13 Å². The standard InChI is InChI=1S/C8H8ClN3O4S/c1-16-12-6(7(14)15)4-3-17-8(10-4)11-5(13)2-9/h3H,2H2,1H3,(H,14,15)(H,10,11,13)/b12-6-. The number of aromatic nitrogens is 1. The van der Waals surface area contributed by atoms with Crippen LogP contribution in [-0.4, -0.2) is 40.7 Å². The lowest BCUT2D eigenvalue weighted by Gasteiger charge is -1.97. The van der Waals surface area contributed by atoms with Crippen LogP contribution in [0.3, 0.4) is 0 Å². The van der Waals surface area contributed by atoms with Gasteiger partial charge in [-0.3, -0.25) is 4.79 Å². The van der Waals surface area contributed by atoms with E-state index in [4.69, 9.17) is 16.7 Å². The summed E-state index contributed by atoms with van der Waals surface area (Å²) in [4.78, 5) is 30.1. The van der Waals surface area contributed by atoms with E-state index in [1.807, 2.05) is 0 Å². The second-order valence-corrected chi connectivity index (χ2v) is 3.77. The lowest BCUT2D eigenvalue weighted by Crippen LogP contribution is -2.16. The van der Waals surface area contributed by atoms with Gasteiger partial charge in [0.1, 0.15) is 18.7 Å². The van der Waals surface area contributed by atoms with Gasteiger partial charge in [0.25, 0.3) is 0 Å². The second-order valence-electron chi connectivity index (χ2n) is 2.65. The van der Waals surface area contributed by atoms with Crippen LogP contribution >= 0.6 is 22.9 Å². The highest BCUT2D eigenvalue weighted by Gasteiger charge is 2.17. The number of amides is 1. The summed E-state index contributed by atoms with van der Waals surface area (Å²) in [5, 5.41) is 16.3. The minimum atomic E-state index is -1.27. The summed E-state index contributed by atoms with van der Waals surface area (Å²) in [6.45, 7) is 0. The molecule has 0 fully saturated rings. The zero-order valence-corrected chi connectivity index (χ0v) is 10.2. The molecule has 92 valence electrons. The van der Waals surface area contributed by atoms with Crippen molar-refractivity contribution in [2.75, 3.05) is 18.3 Å². The molecule has 1 amide bonds. The van der Waals surface area contributed by atoms with E-state index in [0.29, 0.717) is 0 Å². The zero-order chi connectivity index (χ0) is 12.8. The second kappa shape index (κ2) is 6.16. The molecule has 7 nitrogen and oxygen atoms in total. The van der Waals surface area contributed by atoms with Crippen LogP contribution < -0.4 is 5.32 Å². The number of anilines is 1. The summed E-state index contributed by atoms with van der Waals surface area (Å²) in [7, 11) is 1.23. The van der Waals surface area contributed by atoms with Crippen molar-refractivity contribution in [2.24, 2.45) is 5.16 Å². The topological polar surface area (TPSA) is 101 Å². The van der Waals surface area contributed by atoms with Gasteiger partial charge in [0.15, 0.2) is 5.13 Å². The van der Waals surface area contributed by atoms with Crippen LogP contribution in [0, 0.1) is 0 Å². The summed E-state index contributed by atoms with van der Waals surface area (Å²) in [5.74, 6) is -1.90. The van der Waals surface area contributed by atoms with Crippen molar-refractivity contribution in [2.45, 2.75) is 0 Å². The number of rotatable bonds is 5. The Kier molecular flexibility index (Phi) is 4.85. The Morgan fingerprint density at radius 2 is 2.41 bits per heavy atom. The van der Waals surface area contributed by atoms with E-state index >= 15 is 0 Å². The van der Waals surface area contributed by atoms with Gasteiger partial charge in [0, 0.05) is 5.38 Å². The van der Waals surface area contributed by atoms with Gasteiger partial charge < -0.3 is 15.3 Å². The molecule has 0 radical (unpaired) electrons. The molecule has 0 aliphatic heterocycles. The summed E-state index contributed by atoms with van der Waals surface area (Å²) < 4.78 is 0. The molecule has 17 heavy (non-hydrogen) atoms. The zero-order valence-electron chi connectivity index (χ0n) is 8.64. The van der Waals surface area contributed by atoms with Crippen LogP contribution in [-0.2, 0) is 14.4 Å². The van der Waals surface area contributed by atoms with E-state index < -0.39 is 11.9 Å². The Bertz CT molecular complexity index is 459. The third kappa shape index (κ3) is 3.68. The fourth-order valence-corrected chi connectivity index (χ4v) is 1.66. The number of alkyl halides is 1. The molecule has 1 aromatic heterocycles. The van der Waals surface area contributed by atoms with Gasteiger partial charge in [-0.2, -0.15) is 0 Å². The average Bonchev–Trinajstić information content (AvgIpc) is 2.73. The molecule has 0 aromatic carbocycles. The molecular formula is C8H8ClN3O4S. The number of thiazole rings is 1. The molecule has 1 heterocycles. The van der Waals surface area contributed by atoms with Crippen LogP contribution in [0.2, 0.25) is 0 Å². The molecule has 0 atom stereocenters. The van der Waals surface area contributed by atoms with Crippen LogP contribution in [0.25, 0.3) is 0 Å². The number of carboxylic acid groups (broad SMARTS) is 1. The number of hydrogen-bond donors (Lipinski definition) is 2. The molecule has 0 unspecified atom stereocenters. The van der Waals surface area contributed by atoms with Crippen molar-refractivity contribution >= 4 is 45.7 Å². The van der Waals surface area contributed by atoms with Gasteiger partial charge in [0.05, 0.1) is 0 Å². The number of hydrogen-bond acceptors (Lipinski definition) is 6. The summed E-state index contributed by atoms with van der Waals surface area (Å²) in [5.41, 5.74) is -0.232. The molecular weight excluding hydrogens is 270 g/mol. The van der Waals surface area contributed by atoms with E-state index in [0.717, 1.165) is 11.3 Å². The number of aliphatic carboxylic acids is 1. The lowest BCUT2D eigenvalue weighted by molar-refractivity contribution is -0.129. The van der Waals surface area contributed by atoms with Gasteiger partial charge in [-0.1, -0.05) is 5.16 Å². The first-order chi connectivity index (χ1) is 8.08. The maximum absolute atomic E-state index is 11.0. The number of carbonyl (C=O) groups excluding carboxylic acids is 1. The van der Waals surface area contributed by atoms with Crippen molar-refractivity contribution in [1.82, 2.24) is 4.98 Å². The van der Waals surface area contributed by atoms with E-state index in [-0.39, 0.29) is 22.4 Å². The van der Waals surface area contributed by atoms with Gasteiger partial charge in [-0.15, -0.1) is 22.9 Å². The maximum Gasteiger partial charge on any atom is 0.360 e. The first kappa shape index (κ1) is 13.4. The molecule has 0 aliphatic rings. The van der Waals surface area contributed by atoms with E-state index in [1.165, 1.54) is 12.5 Å². The number of carboxylic acids is 1. The molecule has 0 saturated carbocycles. The van der Waals surface area contributed by atoms with Crippen molar-refractivity contribution in [3.63, 3.8) is 0 Å². The molecule has 0 bridgehead atoms. The van der Waals surface area contributed by atoms with Gasteiger partial charge in [-0.25, -0.2) is 9.78 Å². The highest BCUT2D eigenvalue weighted by molar-refractivity contribution is 7.14. The van der Waals surface area contributed by atoms with Crippen molar-refractivity contribution in [1.29, 1.82) is 0 Å². The molecule has 1 aromatic rings. The lowest BCUT2D eigenvalue weighted by atomic mass is 10.3. The molecule has 0 saturated heterocycles. The Balaban J connectivity index is 2.89. The molecule has 2 N–H and O–H groups in total. The van der Waals surface area contributed by atoms with Crippen molar-refractivity contribution in [3.8, 4) is 0 Å². The highest BCUT2D eigenvalue weighted by atomic mass is 35.5. The molecule has 9 heteroatoms. The van der Waals surface area contributed by atoms with Crippen LogP contribution in [0.15, 0.2) is 10.5 Å². The Morgan fingerprint density at radius 3 is 2.94 bits per heavy atom. The van der Waals surface area contributed by atoms with E-state index in [1.54, 1.807) is 0 Å². The SMILES string of the molecule is CO/N=C(\C(=O)O)c1csc(NC(=O)CCl)n1. The van der Waals surface area contributed by atoms with E-state index in [2.05, 4.69) is 20.3 Å². The maximum atomic E-state index is 11.0. The fourth-order valence-electron chi connectivity index (χ4n) is 0.879. The molecule has 0 aliphatic carbocycles. The number of carbonyl (C=O) groups is 2. The average molecular weight is 278 g/mol. The Labute approximate surface area is 105 Å². The quantitative estimate of drug-likeness (QED) is 0.470. The Morgan fingerprint density at radius 1 is 1.71 bits per heavy atom. The van der Waals surface area contributed by atoms with Gasteiger partial charge in [0.2, 0.25) is 11.6 Å². The molecule has 0 spiro atoms. The normalized spacial score (nSPS) is 11.1. The van der Waals surface area contributed by atoms with Crippen LogP contribution in [0.5, 0.6) is 0 Å². The number of nitrogens with one attached hydrogen (secondary N) is 1. The van der Waals surface area contributed by atoms with Crippen molar-refractivity contribution < 1.29 is 19.5 Å². The predicted molar refractivity (Wildman–Crippen MR) is 62.6 cm³/mol. The third-order valence-corrected chi connectivity index (χ3v) is 2.50. The monoisotopic (exact) mass is 277 g/mol. The number of oxime groups is 1. The fraction of sp³-hybridized carbons (Fsp3) is 0.250. The summed E-state index contributed by atoms with van der Waals surface area (Å²) >= 11 is 6.36. The predicted octanol–water partition coefficient (Wildman–Crippen LogP) is 0.756. The van der Waals surface area contributed by atoms with E-state index in [9.17, 15) is 9.59 Å². The number of nitrogens with zero attached hydrogens (tertiary/aromatic N) is 2. The summed E-state index contributed by atoms with van der Waals surface area (Å²) in [6, 6.07) is 0. The Hall–Kier alpha value is -1.67. The number of halogens is 1. The minimum absolute atomic E-state index is 0.106. The van der Waals surface area contributed by atoms with Crippen molar-refractivity contribution in [3.05, 3.63) is 11.1 Å². The van der Waals surface area contributed by atoms with Crippen LogP contribution in [0.1, 0.15) is 5.69 Å². The largest absolute Gasteiger partial charge is 0.476 e. The highest BCUT2D eigenvalue weighted by Crippen LogP contribution is 2.16. The minimum Gasteiger partial charge on any atom is -0.476 e. The molecule has 1 rings (SSSR count).